The Labute approximate surface area is 108 Å². The highest BCUT2D eigenvalue weighted by atomic mass is 32.1. The van der Waals surface area contributed by atoms with Gasteiger partial charge in [-0.15, -0.1) is 11.3 Å². The summed E-state index contributed by atoms with van der Waals surface area (Å²) in [6, 6.07) is 5.98. The molecule has 4 N–H and O–H groups in total. The summed E-state index contributed by atoms with van der Waals surface area (Å²) in [4.78, 5) is 16.1. The zero-order valence-corrected chi connectivity index (χ0v) is 10.6. The van der Waals surface area contributed by atoms with E-state index < -0.39 is 0 Å². The number of phenolic OH excluding ortho intramolecular Hbond substituents is 1. The number of carbonyl (C=O) groups excluding carboxylic acids is 1. The molecule has 1 heterocycles. The van der Waals surface area contributed by atoms with Crippen LogP contribution < -0.4 is 11.1 Å². The van der Waals surface area contributed by atoms with Gasteiger partial charge in [-0.2, -0.15) is 0 Å². The largest absolute Gasteiger partial charge is 0.508 e. The van der Waals surface area contributed by atoms with E-state index in [4.69, 9.17) is 5.73 Å². The molecule has 18 heavy (non-hydrogen) atoms. The third-order valence-electron chi connectivity index (χ3n) is 2.32. The maximum Gasteiger partial charge on any atom is 0.257 e. The summed E-state index contributed by atoms with van der Waals surface area (Å²) in [5.74, 6) is -0.255. The van der Waals surface area contributed by atoms with Gasteiger partial charge < -0.3 is 10.8 Å². The van der Waals surface area contributed by atoms with Gasteiger partial charge in [-0.3, -0.25) is 10.1 Å². The van der Waals surface area contributed by atoms with Crippen molar-refractivity contribution in [3.8, 4) is 5.75 Å². The van der Waals surface area contributed by atoms with Gasteiger partial charge >= 0.3 is 0 Å². The number of anilines is 1. The van der Waals surface area contributed by atoms with E-state index in [2.05, 4.69) is 10.3 Å². The summed E-state index contributed by atoms with van der Waals surface area (Å²) in [6.45, 7) is 1.83. The van der Waals surface area contributed by atoms with Crippen molar-refractivity contribution in [3.05, 3.63) is 40.9 Å². The summed E-state index contributed by atoms with van der Waals surface area (Å²) < 4.78 is 0. The SMILES string of the molecule is CC(N)c1csc(NC(=O)c2cccc(O)c2)n1. The highest BCUT2D eigenvalue weighted by molar-refractivity contribution is 7.14. The zero-order valence-electron chi connectivity index (χ0n) is 9.75. The Bertz CT molecular complexity index is 566. The van der Waals surface area contributed by atoms with Crippen LogP contribution >= 0.6 is 11.3 Å². The highest BCUT2D eigenvalue weighted by Crippen LogP contribution is 2.20. The Balaban J connectivity index is 2.11. The monoisotopic (exact) mass is 263 g/mol. The third kappa shape index (κ3) is 2.85. The van der Waals surface area contributed by atoms with Gasteiger partial charge in [-0.05, 0) is 25.1 Å². The summed E-state index contributed by atoms with van der Waals surface area (Å²) in [5.41, 5.74) is 6.81. The van der Waals surface area contributed by atoms with Gasteiger partial charge in [-0.1, -0.05) is 6.07 Å². The minimum Gasteiger partial charge on any atom is -0.508 e. The summed E-state index contributed by atoms with van der Waals surface area (Å²) in [6.07, 6.45) is 0. The number of nitrogens with two attached hydrogens (primary N) is 1. The van der Waals surface area contributed by atoms with E-state index in [9.17, 15) is 9.90 Å². The standard InChI is InChI=1S/C12H13N3O2S/c1-7(13)10-6-18-12(14-10)15-11(17)8-3-2-4-9(16)5-8/h2-7,16H,13H2,1H3,(H,14,15,17). The number of thiazole rings is 1. The molecule has 1 amide bonds. The van der Waals surface area contributed by atoms with Crippen LogP contribution in [0.3, 0.4) is 0 Å². The number of carbonyl (C=O) groups is 1. The Morgan fingerprint density at radius 1 is 1.56 bits per heavy atom. The average Bonchev–Trinajstić information content (AvgIpc) is 2.77. The highest BCUT2D eigenvalue weighted by Gasteiger charge is 2.10. The molecule has 2 rings (SSSR count). The number of phenols is 1. The first-order valence-corrected chi connectivity index (χ1v) is 6.25. The van der Waals surface area contributed by atoms with Crippen molar-refractivity contribution in [2.24, 2.45) is 5.73 Å². The number of nitrogens with zero attached hydrogens (tertiary/aromatic N) is 1. The van der Waals surface area contributed by atoms with Crippen molar-refractivity contribution in [1.82, 2.24) is 4.98 Å². The second-order valence-electron chi connectivity index (χ2n) is 3.87. The van der Waals surface area contributed by atoms with E-state index in [0.29, 0.717) is 10.7 Å². The minimum atomic E-state index is -0.309. The van der Waals surface area contributed by atoms with Crippen LogP contribution in [0.4, 0.5) is 5.13 Å². The molecule has 5 nitrogen and oxygen atoms in total. The maximum atomic E-state index is 11.9. The van der Waals surface area contributed by atoms with Crippen molar-refractivity contribution in [2.45, 2.75) is 13.0 Å². The third-order valence-corrected chi connectivity index (χ3v) is 3.09. The molecule has 0 aliphatic carbocycles. The fourth-order valence-corrected chi connectivity index (χ4v) is 2.18. The van der Waals surface area contributed by atoms with E-state index in [1.54, 1.807) is 12.1 Å². The lowest BCUT2D eigenvalue weighted by Crippen LogP contribution is -2.12. The van der Waals surface area contributed by atoms with Crippen molar-refractivity contribution >= 4 is 22.4 Å². The molecule has 1 aromatic carbocycles. The van der Waals surface area contributed by atoms with E-state index in [0.717, 1.165) is 5.69 Å². The van der Waals surface area contributed by atoms with Crippen molar-refractivity contribution in [3.63, 3.8) is 0 Å². The molecule has 0 saturated heterocycles. The van der Waals surface area contributed by atoms with Gasteiger partial charge in [-0.25, -0.2) is 4.98 Å². The quantitative estimate of drug-likeness (QED) is 0.791. The molecule has 0 bridgehead atoms. The molecule has 1 atom stereocenters. The minimum absolute atomic E-state index is 0.0538. The van der Waals surface area contributed by atoms with Gasteiger partial charge in [0.05, 0.1) is 5.69 Å². The van der Waals surface area contributed by atoms with Crippen LogP contribution in [-0.2, 0) is 0 Å². The number of aromatic hydroxyl groups is 1. The predicted octanol–water partition coefficient (Wildman–Crippen LogP) is 2.12. The maximum absolute atomic E-state index is 11.9. The van der Waals surface area contributed by atoms with E-state index in [1.165, 1.54) is 23.5 Å². The molecular weight excluding hydrogens is 250 g/mol. The molecule has 1 aromatic heterocycles. The molecule has 0 aliphatic heterocycles. The van der Waals surface area contributed by atoms with Crippen LogP contribution in [0.5, 0.6) is 5.75 Å². The first kappa shape index (κ1) is 12.5. The molecule has 6 heteroatoms. The lowest BCUT2D eigenvalue weighted by Gasteiger charge is -2.02. The number of amides is 1. The van der Waals surface area contributed by atoms with Crippen LogP contribution in [0.2, 0.25) is 0 Å². The fraction of sp³-hybridized carbons (Fsp3) is 0.167. The number of rotatable bonds is 3. The molecular formula is C12H13N3O2S. The van der Waals surface area contributed by atoms with Gasteiger partial charge in [0.15, 0.2) is 5.13 Å². The Morgan fingerprint density at radius 2 is 2.33 bits per heavy atom. The molecule has 94 valence electrons. The predicted molar refractivity (Wildman–Crippen MR) is 70.8 cm³/mol. The van der Waals surface area contributed by atoms with Crippen LogP contribution in [-0.4, -0.2) is 16.0 Å². The normalized spacial score (nSPS) is 12.1. The number of benzene rings is 1. The topological polar surface area (TPSA) is 88.2 Å². The van der Waals surface area contributed by atoms with Crippen LogP contribution in [0.15, 0.2) is 29.6 Å². The van der Waals surface area contributed by atoms with Gasteiger partial charge in [0.25, 0.3) is 5.91 Å². The van der Waals surface area contributed by atoms with Crippen LogP contribution in [0.25, 0.3) is 0 Å². The summed E-state index contributed by atoms with van der Waals surface area (Å²) in [5, 5.41) is 14.3. The van der Waals surface area contributed by atoms with E-state index in [1.807, 2.05) is 12.3 Å². The van der Waals surface area contributed by atoms with Gasteiger partial charge in [0, 0.05) is 17.0 Å². The molecule has 0 aliphatic rings. The Morgan fingerprint density at radius 3 is 2.94 bits per heavy atom. The van der Waals surface area contributed by atoms with Crippen molar-refractivity contribution < 1.29 is 9.90 Å². The van der Waals surface area contributed by atoms with Crippen molar-refractivity contribution in [2.75, 3.05) is 5.32 Å². The average molecular weight is 263 g/mol. The molecule has 0 spiro atoms. The number of aromatic nitrogens is 1. The Kier molecular flexibility index (Phi) is 3.59. The molecule has 0 fully saturated rings. The number of nitrogens with one attached hydrogen (secondary N) is 1. The first-order valence-electron chi connectivity index (χ1n) is 5.37. The van der Waals surface area contributed by atoms with E-state index in [-0.39, 0.29) is 17.7 Å². The molecule has 0 radical (unpaired) electrons. The second-order valence-corrected chi connectivity index (χ2v) is 4.73. The van der Waals surface area contributed by atoms with Crippen molar-refractivity contribution in [1.29, 1.82) is 0 Å². The molecule has 1 unspecified atom stereocenters. The number of hydrogen-bond acceptors (Lipinski definition) is 5. The van der Waals surface area contributed by atoms with E-state index >= 15 is 0 Å². The van der Waals surface area contributed by atoms with Crippen LogP contribution in [0, 0.1) is 0 Å². The smallest absolute Gasteiger partial charge is 0.257 e. The fourth-order valence-electron chi connectivity index (χ4n) is 1.37. The molecule has 2 aromatic rings. The molecule has 0 saturated carbocycles. The summed E-state index contributed by atoms with van der Waals surface area (Å²) in [7, 11) is 0. The number of hydrogen-bond donors (Lipinski definition) is 3. The second kappa shape index (κ2) is 5.16. The first-order chi connectivity index (χ1) is 8.56. The summed E-state index contributed by atoms with van der Waals surface area (Å²) >= 11 is 1.32. The zero-order chi connectivity index (χ0) is 13.1. The lowest BCUT2D eigenvalue weighted by molar-refractivity contribution is 0.102. The van der Waals surface area contributed by atoms with Gasteiger partial charge in [0.2, 0.25) is 0 Å². The lowest BCUT2D eigenvalue weighted by atomic mass is 10.2. The van der Waals surface area contributed by atoms with Gasteiger partial charge in [0.1, 0.15) is 5.75 Å². The Hall–Kier alpha value is -1.92. The van der Waals surface area contributed by atoms with Crippen LogP contribution in [0.1, 0.15) is 29.0 Å².